The van der Waals surface area contributed by atoms with Crippen LogP contribution in [0.15, 0.2) is 18.2 Å². The van der Waals surface area contributed by atoms with Gasteiger partial charge in [0.05, 0.1) is 11.7 Å². The lowest BCUT2D eigenvalue weighted by Gasteiger charge is -2.35. The summed E-state index contributed by atoms with van der Waals surface area (Å²) in [5, 5.41) is 8.93. The van der Waals surface area contributed by atoms with Crippen molar-refractivity contribution in [1.82, 2.24) is 0 Å². The smallest absolute Gasteiger partial charge is 0.142 e. The molecule has 1 aromatic rings. The van der Waals surface area contributed by atoms with Crippen LogP contribution in [0.2, 0.25) is 0 Å². The van der Waals surface area contributed by atoms with E-state index in [1.54, 1.807) is 0 Å². The molecule has 0 spiro atoms. The first-order valence-corrected chi connectivity index (χ1v) is 5.08. The van der Waals surface area contributed by atoms with Crippen molar-refractivity contribution in [2.45, 2.75) is 12.5 Å². The third kappa shape index (κ3) is 1.85. The van der Waals surface area contributed by atoms with Crippen molar-refractivity contribution in [3.8, 4) is 5.75 Å². The molecule has 0 fully saturated rings. The van der Waals surface area contributed by atoms with Gasteiger partial charge >= 0.3 is 0 Å². The van der Waals surface area contributed by atoms with E-state index >= 15 is 0 Å². The molecular weight excluding hydrogens is 192 g/mol. The number of hydrogen-bond donors (Lipinski definition) is 2. The van der Waals surface area contributed by atoms with Gasteiger partial charge in [0.25, 0.3) is 0 Å². The number of nitrogens with zero attached hydrogens (tertiary/aromatic N) is 1. The van der Waals surface area contributed by atoms with E-state index in [0.29, 0.717) is 13.0 Å². The normalized spacial score (nSPS) is 19.6. The van der Waals surface area contributed by atoms with Gasteiger partial charge in [0, 0.05) is 19.3 Å². The van der Waals surface area contributed by atoms with Gasteiger partial charge in [-0.3, -0.25) is 0 Å². The monoisotopic (exact) mass is 208 g/mol. The van der Waals surface area contributed by atoms with Crippen molar-refractivity contribution in [3.63, 3.8) is 0 Å². The molecule has 0 radical (unpaired) electrons. The van der Waals surface area contributed by atoms with E-state index in [4.69, 9.17) is 15.6 Å². The molecule has 0 saturated heterocycles. The molecule has 1 unspecified atom stereocenters. The van der Waals surface area contributed by atoms with Gasteiger partial charge in [-0.1, -0.05) is 0 Å². The number of fused-ring (bicyclic) bond motifs is 1. The third-order valence-electron chi connectivity index (χ3n) is 2.80. The first-order chi connectivity index (χ1) is 7.22. The van der Waals surface area contributed by atoms with E-state index < -0.39 is 0 Å². The highest BCUT2D eigenvalue weighted by Crippen LogP contribution is 2.34. The molecule has 3 N–H and O–H groups in total. The van der Waals surface area contributed by atoms with Gasteiger partial charge in [0.1, 0.15) is 12.4 Å². The van der Waals surface area contributed by atoms with E-state index in [0.717, 1.165) is 17.1 Å². The number of aliphatic hydroxyl groups excluding tert-OH is 1. The molecule has 82 valence electrons. The first kappa shape index (κ1) is 10.1. The third-order valence-corrected chi connectivity index (χ3v) is 2.80. The number of aliphatic hydroxyl groups is 1. The zero-order chi connectivity index (χ0) is 10.8. The average molecular weight is 208 g/mol. The second-order valence-corrected chi connectivity index (χ2v) is 3.82. The predicted octanol–water partition coefficient (Wildman–Crippen LogP) is 0.848. The molecule has 4 heteroatoms. The number of benzene rings is 1. The predicted molar refractivity (Wildman–Crippen MR) is 60.2 cm³/mol. The van der Waals surface area contributed by atoms with Crippen LogP contribution in [0.1, 0.15) is 6.42 Å². The maximum Gasteiger partial charge on any atom is 0.142 e. The van der Waals surface area contributed by atoms with Crippen molar-refractivity contribution >= 4 is 11.4 Å². The molecule has 0 saturated carbocycles. The summed E-state index contributed by atoms with van der Waals surface area (Å²) in [6, 6.07) is 5.85. The Hall–Kier alpha value is -1.42. The summed E-state index contributed by atoms with van der Waals surface area (Å²) in [5.74, 6) is 0.862. The van der Waals surface area contributed by atoms with Gasteiger partial charge in [-0.05, 0) is 24.6 Å². The van der Waals surface area contributed by atoms with Crippen LogP contribution in [0.5, 0.6) is 5.75 Å². The summed E-state index contributed by atoms with van der Waals surface area (Å²) in [6.45, 7) is 0.796. The second kappa shape index (κ2) is 3.98. The number of hydrogen-bond acceptors (Lipinski definition) is 4. The van der Waals surface area contributed by atoms with Crippen LogP contribution < -0.4 is 15.4 Å². The highest BCUT2D eigenvalue weighted by atomic mass is 16.5. The van der Waals surface area contributed by atoms with E-state index in [9.17, 15) is 0 Å². The Balaban J connectivity index is 2.28. The Morgan fingerprint density at radius 2 is 2.40 bits per heavy atom. The van der Waals surface area contributed by atoms with Gasteiger partial charge in [-0.15, -0.1) is 0 Å². The molecule has 0 bridgehead atoms. The summed E-state index contributed by atoms with van der Waals surface area (Å²) in [5.41, 5.74) is 7.46. The highest BCUT2D eigenvalue weighted by Gasteiger charge is 2.24. The second-order valence-electron chi connectivity index (χ2n) is 3.82. The fourth-order valence-corrected chi connectivity index (χ4v) is 1.85. The number of nitrogen functional groups attached to an aromatic ring is 1. The van der Waals surface area contributed by atoms with Gasteiger partial charge in [-0.2, -0.15) is 0 Å². The molecule has 15 heavy (non-hydrogen) atoms. The summed E-state index contributed by atoms with van der Waals surface area (Å²) in [4.78, 5) is 2.12. The van der Waals surface area contributed by atoms with Crippen molar-refractivity contribution in [2.24, 2.45) is 0 Å². The fraction of sp³-hybridized carbons (Fsp3) is 0.455. The van der Waals surface area contributed by atoms with Crippen LogP contribution in [0.3, 0.4) is 0 Å². The van der Waals surface area contributed by atoms with Crippen LogP contribution in [0.4, 0.5) is 11.4 Å². The minimum Gasteiger partial charge on any atom is -0.489 e. The van der Waals surface area contributed by atoms with Crippen molar-refractivity contribution < 1.29 is 9.84 Å². The summed E-state index contributed by atoms with van der Waals surface area (Å²) >= 11 is 0. The van der Waals surface area contributed by atoms with Crippen LogP contribution in [0.25, 0.3) is 0 Å². The van der Waals surface area contributed by atoms with Gasteiger partial charge < -0.3 is 20.5 Å². The number of rotatable bonds is 2. The van der Waals surface area contributed by atoms with E-state index in [1.165, 1.54) is 0 Å². The molecule has 1 aromatic carbocycles. The Kier molecular flexibility index (Phi) is 2.68. The average Bonchev–Trinajstić information content (AvgIpc) is 2.23. The van der Waals surface area contributed by atoms with E-state index in [-0.39, 0.29) is 12.6 Å². The summed E-state index contributed by atoms with van der Waals surface area (Å²) in [6.07, 6.45) is 0.713. The Morgan fingerprint density at radius 1 is 1.60 bits per heavy atom. The number of likely N-dealkylation sites (N-methyl/N-ethyl adjacent to an activating group) is 1. The number of ether oxygens (including phenoxy) is 1. The largest absolute Gasteiger partial charge is 0.489 e. The number of nitrogens with two attached hydrogens (primary N) is 1. The Morgan fingerprint density at radius 3 is 3.13 bits per heavy atom. The lowest BCUT2D eigenvalue weighted by molar-refractivity contribution is 0.219. The topological polar surface area (TPSA) is 58.7 Å². The van der Waals surface area contributed by atoms with Gasteiger partial charge in [0.15, 0.2) is 0 Å². The lowest BCUT2D eigenvalue weighted by atomic mass is 10.1. The molecular formula is C11H16N2O2. The molecule has 2 rings (SSSR count). The SMILES string of the molecule is CN1c2cc(N)ccc2OCC1CCO. The molecule has 1 aliphatic heterocycles. The van der Waals surface area contributed by atoms with Crippen molar-refractivity contribution in [3.05, 3.63) is 18.2 Å². The van der Waals surface area contributed by atoms with Crippen LogP contribution in [-0.2, 0) is 0 Å². The maximum absolute atomic E-state index is 8.93. The zero-order valence-corrected chi connectivity index (χ0v) is 8.81. The molecule has 4 nitrogen and oxygen atoms in total. The van der Waals surface area contributed by atoms with Crippen molar-refractivity contribution in [2.75, 3.05) is 30.9 Å². The molecule has 1 atom stereocenters. The van der Waals surface area contributed by atoms with Crippen LogP contribution in [-0.4, -0.2) is 31.4 Å². The van der Waals surface area contributed by atoms with Crippen LogP contribution >= 0.6 is 0 Å². The van der Waals surface area contributed by atoms with Crippen molar-refractivity contribution in [1.29, 1.82) is 0 Å². The van der Waals surface area contributed by atoms with E-state index in [1.807, 2.05) is 25.2 Å². The van der Waals surface area contributed by atoms with Crippen LogP contribution in [0, 0.1) is 0 Å². The molecule has 1 heterocycles. The number of anilines is 2. The zero-order valence-electron chi connectivity index (χ0n) is 8.81. The lowest BCUT2D eigenvalue weighted by Crippen LogP contribution is -2.40. The highest BCUT2D eigenvalue weighted by molar-refractivity contribution is 5.66. The maximum atomic E-state index is 8.93. The minimum atomic E-state index is 0.177. The standard InChI is InChI=1S/C11H16N2O2/c1-13-9(4-5-14)7-15-11-3-2-8(12)6-10(11)13/h2-3,6,9,14H,4-5,7,12H2,1H3. The summed E-state index contributed by atoms with van der Waals surface area (Å²) in [7, 11) is 2.00. The van der Waals surface area contributed by atoms with Gasteiger partial charge in [-0.25, -0.2) is 0 Å². The van der Waals surface area contributed by atoms with Gasteiger partial charge in [0.2, 0.25) is 0 Å². The molecule has 0 amide bonds. The Bertz CT molecular complexity index is 354. The minimum absolute atomic E-state index is 0.177. The fourth-order valence-electron chi connectivity index (χ4n) is 1.85. The molecule has 0 aromatic heterocycles. The molecule has 1 aliphatic rings. The molecule has 0 aliphatic carbocycles. The first-order valence-electron chi connectivity index (χ1n) is 5.08. The quantitative estimate of drug-likeness (QED) is 0.707. The van der Waals surface area contributed by atoms with E-state index in [2.05, 4.69) is 4.90 Å². The summed E-state index contributed by atoms with van der Waals surface area (Å²) < 4.78 is 5.61. The Labute approximate surface area is 89.3 Å².